The molecule has 1 unspecified atom stereocenters. The third-order valence-corrected chi connectivity index (χ3v) is 8.88. The van der Waals surface area contributed by atoms with E-state index in [0.29, 0.717) is 23.7 Å². The van der Waals surface area contributed by atoms with Crippen LogP contribution in [0.25, 0.3) is 0 Å². The molecule has 9 heteroatoms. The van der Waals surface area contributed by atoms with Gasteiger partial charge in [-0.05, 0) is 73.5 Å². The number of hydrogen-bond acceptors (Lipinski definition) is 6. The van der Waals surface area contributed by atoms with E-state index in [2.05, 4.69) is 16.3 Å². The van der Waals surface area contributed by atoms with Crippen molar-refractivity contribution in [2.45, 2.75) is 43.4 Å². The topological polar surface area (TPSA) is 88.2 Å². The zero-order chi connectivity index (χ0) is 26.5. The Bertz CT molecular complexity index is 1370. The lowest BCUT2D eigenvalue weighted by atomic mass is 10.0. The summed E-state index contributed by atoms with van der Waals surface area (Å²) < 4.78 is 39.6. The van der Waals surface area contributed by atoms with Gasteiger partial charge in [0.15, 0.2) is 6.10 Å². The predicted molar refractivity (Wildman–Crippen MR) is 146 cm³/mol. The van der Waals surface area contributed by atoms with Gasteiger partial charge >= 0.3 is 0 Å². The van der Waals surface area contributed by atoms with E-state index in [1.54, 1.807) is 36.4 Å². The second-order valence-electron chi connectivity index (χ2n) is 9.61. The molecule has 1 atom stereocenters. The van der Waals surface area contributed by atoms with E-state index in [4.69, 9.17) is 9.47 Å². The van der Waals surface area contributed by atoms with Gasteiger partial charge in [0, 0.05) is 13.1 Å². The maximum atomic E-state index is 13.6. The average molecular weight is 536 g/mol. The summed E-state index contributed by atoms with van der Waals surface area (Å²) >= 11 is 0. The molecule has 3 aromatic rings. The van der Waals surface area contributed by atoms with Crippen LogP contribution < -0.4 is 19.1 Å². The van der Waals surface area contributed by atoms with Crippen molar-refractivity contribution in [1.29, 1.82) is 0 Å². The minimum absolute atomic E-state index is 0.112. The molecular weight excluding hydrogens is 502 g/mol. The van der Waals surface area contributed by atoms with E-state index >= 15 is 0 Å². The van der Waals surface area contributed by atoms with Crippen molar-refractivity contribution in [3.63, 3.8) is 0 Å². The molecule has 3 aromatic carbocycles. The zero-order valence-electron chi connectivity index (χ0n) is 21.5. The van der Waals surface area contributed by atoms with Crippen LogP contribution in [0, 0.1) is 0 Å². The van der Waals surface area contributed by atoms with Gasteiger partial charge < -0.3 is 14.8 Å². The average Bonchev–Trinajstić information content (AvgIpc) is 2.96. The summed E-state index contributed by atoms with van der Waals surface area (Å²) in [5.41, 5.74) is 2.64. The maximum Gasteiger partial charge on any atom is 0.264 e. The minimum Gasteiger partial charge on any atom is -0.497 e. The van der Waals surface area contributed by atoms with Crippen molar-refractivity contribution in [2.75, 3.05) is 31.0 Å². The highest BCUT2D eigenvalue weighted by molar-refractivity contribution is 7.92. The number of anilines is 1. The first-order valence-corrected chi connectivity index (χ1v) is 14.4. The number of carbonyl (C=O) groups is 1. The summed E-state index contributed by atoms with van der Waals surface area (Å²) in [6.07, 6.45) is 2.72. The van der Waals surface area contributed by atoms with E-state index in [9.17, 15) is 13.2 Å². The SMILES string of the molecule is COc1ccc(S(=O)(=O)N2CC(C(=O)NCc3ccccc3CN3CCCCC3)Oc3ccccc32)cc1. The number of piperidine rings is 1. The molecule has 0 radical (unpaired) electrons. The van der Waals surface area contributed by atoms with Crippen LogP contribution in [-0.2, 0) is 27.9 Å². The minimum atomic E-state index is -3.94. The first-order chi connectivity index (χ1) is 18.5. The third-order valence-electron chi connectivity index (χ3n) is 7.09. The van der Waals surface area contributed by atoms with Crippen molar-refractivity contribution < 1.29 is 22.7 Å². The highest BCUT2D eigenvalue weighted by Gasteiger charge is 2.37. The number of benzene rings is 3. The molecule has 1 fully saturated rings. The second-order valence-corrected chi connectivity index (χ2v) is 11.5. The largest absolute Gasteiger partial charge is 0.497 e. The number of nitrogens with one attached hydrogen (secondary N) is 1. The fourth-order valence-electron chi connectivity index (χ4n) is 4.98. The van der Waals surface area contributed by atoms with E-state index in [1.807, 2.05) is 18.2 Å². The van der Waals surface area contributed by atoms with Gasteiger partial charge in [0.2, 0.25) is 0 Å². The van der Waals surface area contributed by atoms with Gasteiger partial charge in [-0.25, -0.2) is 8.42 Å². The third kappa shape index (κ3) is 5.63. The molecular formula is C29H33N3O5S. The van der Waals surface area contributed by atoms with Gasteiger partial charge in [0.05, 0.1) is 24.2 Å². The number of rotatable bonds is 8. The van der Waals surface area contributed by atoms with Crippen LogP contribution in [0.15, 0.2) is 77.7 Å². The van der Waals surface area contributed by atoms with Crippen molar-refractivity contribution >= 4 is 21.6 Å². The van der Waals surface area contributed by atoms with Crippen molar-refractivity contribution in [3.05, 3.63) is 83.9 Å². The summed E-state index contributed by atoms with van der Waals surface area (Å²) in [6.45, 7) is 3.25. The van der Waals surface area contributed by atoms with Gasteiger partial charge in [-0.1, -0.05) is 42.8 Å². The molecule has 8 nitrogen and oxygen atoms in total. The van der Waals surface area contributed by atoms with E-state index < -0.39 is 16.1 Å². The highest BCUT2D eigenvalue weighted by atomic mass is 32.2. The normalized spacial score (nSPS) is 17.8. The number of sulfonamides is 1. The Morgan fingerprint density at radius 3 is 2.37 bits per heavy atom. The number of hydrogen-bond donors (Lipinski definition) is 1. The number of para-hydroxylation sites is 2. The van der Waals surface area contributed by atoms with Crippen LogP contribution in [0.5, 0.6) is 11.5 Å². The summed E-state index contributed by atoms with van der Waals surface area (Å²) in [5, 5.41) is 2.98. The Morgan fingerprint density at radius 1 is 0.947 bits per heavy atom. The number of ether oxygens (including phenoxy) is 2. The second kappa shape index (κ2) is 11.4. The smallest absolute Gasteiger partial charge is 0.264 e. The summed E-state index contributed by atoms with van der Waals surface area (Å²) in [5.74, 6) is 0.549. The molecule has 1 N–H and O–H groups in total. The van der Waals surface area contributed by atoms with E-state index in [1.165, 1.54) is 48.4 Å². The van der Waals surface area contributed by atoms with Crippen molar-refractivity contribution in [1.82, 2.24) is 10.2 Å². The van der Waals surface area contributed by atoms with Gasteiger partial charge in [-0.15, -0.1) is 0 Å². The molecule has 2 heterocycles. The lowest BCUT2D eigenvalue weighted by molar-refractivity contribution is -0.127. The lowest BCUT2D eigenvalue weighted by Crippen LogP contribution is -2.50. The number of likely N-dealkylation sites (tertiary alicyclic amines) is 1. The molecule has 38 heavy (non-hydrogen) atoms. The Hall–Kier alpha value is -3.56. The summed E-state index contributed by atoms with van der Waals surface area (Å²) in [6, 6.07) is 21.2. The predicted octanol–water partition coefficient (Wildman–Crippen LogP) is 3.95. The first-order valence-electron chi connectivity index (χ1n) is 12.9. The van der Waals surface area contributed by atoms with Gasteiger partial charge in [-0.2, -0.15) is 0 Å². The fraction of sp³-hybridized carbons (Fsp3) is 0.345. The van der Waals surface area contributed by atoms with Crippen LogP contribution >= 0.6 is 0 Å². The maximum absolute atomic E-state index is 13.6. The molecule has 200 valence electrons. The molecule has 0 bridgehead atoms. The molecule has 1 amide bonds. The highest BCUT2D eigenvalue weighted by Crippen LogP contribution is 2.37. The Kier molecular flexibility index (Phi) is 7.85. The quantitative estimate of drug-likeness (QED) is 0.470. The molecule has 2 aliphatic rings. The van der Waals surface area contributed by atoms with Crippen molar-refractivity contribution in [2.24, 2.45) is 0 Å². The van der Waals surface area contributed by atoms with E-state index in [-0.39, 0.29) is 17.3 Å². The Balaban J connectivity index is 1.32. The van der Waals surface area contributed by atoms with Crippen LogP contribution in [0.4, 0.5) is 5.69 Å². The number of nitrogens with zero attached hydrogens (tertiary/aromatic N) is 2. The zero-order valence-corrected chi connectivity index (χ0v) is 22.3. The standard InChI is InChI=1S/C29H33N3O5S/c1-36-24-13-15-25(16-14-24)38(34,35)32-21-28(37-27-12-6-5-11-26(27)32)29(33)30-19-22-9-3-4-10-23(22)20-31-17-7-2-8-18-31/h3-6,9-16,28H,2,7-8,17-21H2,1H3,(H,30,33). The van der Waals surface area contributed by atoms with Crippen LogP contribution in [-0.4, -0.2) is 52.1 Å². The Morgan fingerprint density at radius 2 is 1.63 bits per heavy atom. The monoisotopic (exact) mass is 535 g/mol. The van der Waals surface area contributed by atoms with Crippen molar-refractivity contribution in [3.8, 4) is 11.5 Å². The van der Waals surface area contributed by atoms with Gasteiger partial charge in [-0.3, -0.25) is 14.0 Å². The van der Waals surface area contributed by atoms with Crippen LogP contribution in [0.1, 0.15) is 30.4 Å². The Labute approximate surface area is 224 Å². The van der Waals surface area contributed by atoms with E-state index in [0.717, 1.165) is 25.2 Å². The molecule has 0 saturated carbocycles. The first kappa shape index (κ1) is 26.1. The number of methoxy groups -OCH3 is 1. The molecule has 1 saturated heterocycles. The summed E-state index contributed by atoms with van der Waals surface area (Å²) in [4.78, 5) is 15.9. The van der Waals surface area contributed by atoms with Crippen LogP contribution in [0.2, 0.25) is 0 Å². The molecule has 2 aliphatic heterocycles. The van der Waals surface area contributed by atoms with Gasteiger partial charge in [0.1, 0.15) is 11.5 Å². The lowest BCUT2D eigenvalue weighted by Gasteiger charge is -2.34. The fourth-order valence-corrected chi connectivity index (χ4v) is 6.46. The molecule has 0 aliphatic carbocycles. The van der Waals surface area contributed by atoms with Gasteiger partial charge in [0.25, 0.3) is 15.9 Å². The van der Waals surface area contributed by atoms with Crippen LogP contribution in [0.3, 0.4) is 0 Å². The summed E-state index contributed by atoms with van der Waals surface area (Å²) in [7, 11) is -2.42. The number of fused-ring (bicyclic) bond motifs is 1. The molecule has 0 spiro atoms. The molecule has 5 rings (SSSR count). The number of amides is 1. The number of carbonyl (C=O) groups excluding carboxylic acids is 1. The molecule has 0 aromatic heterocycles.